The summed E-state index contributed by atoms with van der Waals surface area (Å²) in [5.41, 5.74) is 1.71. The van der Waals surface area contributed by atoms with Gasteiger partial charge in [-0.05, 0) is 36.6 Å². The van der Waals surface area contributed by atoms with E-state index in [9.17, 15) is 9.59 Å². The van der Waals surface area contributed by atoms with Crippen LogP contribution in [0, 0.1) is 0 Å². The Bertz CT molecular complexity index is 879. The molecule has 0 bridgehead atoms. The molecule has 1 spiro atoms. The number of ether oxygens (including phenoxy) is 1. The highest BCUT2D eigenvalue weighted by Crippen LogP contribution is 2.44. The molecule has 2 aliphatic heterocycles. The number of carbonyl (C=O) groups is 2. The highest BCUT2D eigenvalue weighted by atomic mass is 32.2. The minimum Gasteiger partial charge on any atom is -0.497 e. The van der Waals surface area contributed by atoms with Gasteiger partial charge in [-0.3, -0.25) is 9.59 Å². The molecule has 2 aromatic carbocycles. The van der Waals surface area contributed by atoms with E-state index in [1.807, 2.05) is 70.1 Å². The second-order valence-electron chi connectivity index (χ2n) is 7.53. The van der Waals surface area contributed by atoms with E-state index in [0.717, 1.165) is 30.7 Å². The van der Waals surface area contributed by atoms with Crippen LogP contribution in [0.3, 0.4) is 0 Å². The van der Waals surface area contributed by atoms with Crippen LogP contribution in [0.2, 0.25) is 0 Å². The number of hydrogen-bond acceptors (Lipinski definition) is 4. The molecule has 0 radical (unpaired) electrons. The van der Waals surface area contributed by atoms with Crippen LogP contribution in [0.5, 0.6) is 5.75 Å². The average molecular weight is 411 g/mol. The number of nitrogens with zero attached hydrogens (tertiary/aromatic N) is 2. The Morgan fingerprint density at radius 2 is 1.79 bits per heavy atom. The number of carbonyl (C=O) groups excluding carboxylic acids is 2. The van der Waals surface area contributed by atoms with Crippen molar-refractivity contribution in [1.82, 2.24) is 9.80 Å². The first-order chi connectivity index (χ1) is 14.1. The molecule has 2 saturated heterocycles. The lowest BCUT2D eigenvalue weighted by Gasteiger charge is -2.44. The van der Waals surface area contributed by atoms with Crippen molar-refractivity contribution in [1.29, 1.82) is 0 Å². The zero-order valence-corrected chi connectivity index (χ0v) is 17.5. The van der Waals surface area contributed by atoms with Gasteiger partial charge in [0.25, 0.3) is 5.91 Å². The van der Waals surface area contributed by atoms with Gasteiger partial charge in [0.2, 0.25) is 5.91 Å². The van der Waals surface area contributed by atoms with Crippen LogP contribution >= 0.6 is 11.8 Å². The molecule has 2 fully saturated rings. The van der Waals surface area contributed by atoms with Crippen LogP contribution in [0.25, 0.3) is 0 Å². The van der Waals surface area contributed by atoms with Crippen molar-refractivity contribution < 1.29 is 14.3 Å². The first-order valence-electron chi connectivity index (χ1n) is 10.0. The lowest BCUT2D eigenvalue weighted by molar-refractivity contribution is -0.132. The molecular weight excluding hydrogens is 384 g/mol. The molecular formula is C23H26N2O3S. The monoisotopic (exact) mass is 410 g/mol. The topological polar surface area (TPSA) is 49.9 Å². The molecule has 5 nitrogen and oxygen atoms in total. The van der Waals surface area contributed by atoms with Crippen molar-refractivity contribution in [2.24, 2.45) is 0 Å². The summed E-state index contributed by atoms with van der Waals surface area (Å²) in [6.07, 6.45) is 2.06. The van der Waals surface area contributed by atoms with Crippen molar-refractivity contribution in [2.75, 3.05) is 32.5 Å². The molecule has 0 atom stereocenters. The molecule has 0 aromatic heterocycles. The van der Waals surface area contributed by atoms with Crippen LogP contribution in [-0.4, -0.2) is 59.0 Å². The van der Waals surface area contributed by atoms with Crippen molar-refractivity contribution >= 4 is 23.6 Å². The summed E-state index contributed by atoms with van der Waals surface area (Å²) in [5.74, 6) is 1.85. The number of amides is 2. The number of rotatable bonds is 4. The highest BCUT2D eigenvalue weighted by Gasteiger charge is 2.47. The standard InChI is InChI=1S/C23H26N2O3S/c1-28-20-9-5-8-19(17-20)22(27)25-14-15-29-23(25)10-12-24(13-11-23)21(26)16-18-6-3-2-4-7-18/h2-9,17H,10-16H2,1H3. The van der Waals surface area contributed by atoms with Crippen molar-refractivity contribution in [3.8, 4) is 5.75 Å². The van der Waals surface area contributed by atoms with E-state index in [2.05, 4.69) is 0 Å². The summed E-state index contributed by atoms with van der Waals surface area (Å²) in [4.78, 5) is 29.7. The smallest absolute Gasteiger partial charge is 0.255 e. The molecule has 152 valence electrons. The van der Waals surface area contributed by atoms with E-state index in [1.54, 1.807) is 13.2 Å². The number of thioether (sulfide) groups is 1. The van der Waals surface area contributed by atoms with Crippen LogP contribution in [0.4, 0.5) is 0 Å². The minimum absolute atomic E-state index is 0.0537. The van der Waals surface area contributed by atoms with Gasteiger partial charge < -0.3 is 14.5 Å². The summed E-state index contributed by atoms with van der Waals surface area (Å²) < 4.78 is 5.27. The van der Waals surface area contributed by atoms with Crippen LogP contribution in [0.1, 0.15) is 28.8 Å². The summed E-state index contributed by atoms with van der Waals surface area (Å²) in [6, 6.07) is 17.2. The molecule has 0 N–H and O–H groups in total. The van der Waals surface area contributed by atoms with Crippen molar-refractivity contribution in [3.05, 3.63) is 65.7 Å². The Balaban J connectivity index is 1.42. The maximum absolute atomic E-state index is 13.2. The fraction of sp³-hybridized carbons (Fsp3) is 0.391. The number of likely N-dealkylation sites (tertiary alicyclic amines) is 1. The van der Waals surface area contributed by atoms with Crippen LogP contribution in [-0.2, 0) is 11.2 Å². The van der Waals surface area contributed by atoms with E-state index in [4.69, 9.17) is 4.74 Å². The summed E-state index contributed by atoms with van der Waals surface area (Å²) in [5, 5.41) is 0. The third-order valence-electron chi connectivity index (χ3n) is 5.83. The second-order valence-corrected chi connectivity index (χ2v) is 8.98. The molecule has 2 heterocycles. The molecule has 4 rings (SSSR count). The zero-order valence-electron chi connectivity index (χ0n) is 16.7. The van der Waals surface area contributed by atoms with Crippen LogP contribution in [0.15, 0.2) is 54.6 Å². The van der Waals surface area contributed by atoms with Gasteiger partial charge in [0, 0.05) is 31.0 Å². The molecule has 2 aliphatic rings. The van der Waals surface area contributed by atoms with Gasteiger partial charge >= 0.3 is 0 Å². The van der Waals surface area contributed by atoms with Crippen molar-refractivity contribution in [3.63, 3.8) is 0 Å². The van der Waals surface area contributed by atoms with Gasteiger partial charge in [0.15, 0.2) is 0 Å². The van der Waals surface area contributed by atoms with E-state index in [1.165, 1.54) is 0 Å². The lowest BCUT2D eigenvalue weighted by atomic mass is 10.00. The number of piperidine rings is 1. The lowest BCUT2D eigenvalue weighted by Crippen LogP contribution is -2.53. The van der Waals surface area contributed by atoms with Gasteiger partial charge in [0.05, 0.1) is 18.4 Å². The Hall–Kier alpha value is -2.47. The maximum atomic E-state index is 13.2. The molecule has 29 heavy (non-hydrogen) atoms. The van der Waals surface area contributed by atoms with Gasteiger partial charge in [-0.2, -0.15) is 0 Å². The molecule has 6 heteroatoms. The summed E-state index contributed by atoms with van der Waals surface area (Å²) in [7, 11) is 1.61. The Morgan fingerprint density at radius 1 is 1.03 bits per heavy atom. The molecule has 0 saturated carbocycles. The molecule has 2 aromatic rings. The zero-order chi connectivity index (χ0) is 20.3. The van der Waals surface area contributed by atoms with Crippen molar-refractivity contribution in [2.45, 2.75) is 24.1 Å². The SMILES string of the molecule is COc1cccc(C(=O)N2CCSC23CCN(C(=O)Cc2ccccc2)CC3)c1. The van der Waals surface area contributed by atoms with E-state index >= 15 is 0 Å². The number of benzene rings is 2. The van der Waals surface area contributed by atoms with Crippen LogP contribution < -0.4 is 4.74 Å². The third-order valence-corrected chi connectivity index (χ3v) is 7.39. The highest BCUT2D eigenvalue weighted by molar-refractivity contribution is 8.00. The quantitative estimate of drug-likeness (QED) is 0.775. The Kier molecular flexibility index (Phi) is 5.81. The summed E-state index contributed by atoms with van der Waals surface area (Å²) in [6.45, 7) is 2.14. The molecule has 2 amide bonds. The predicted octanol–water partition coefficient (Wildman–Crippen LogP) is 3.45. The third kappa shape index (κ3) is 4.13. The van der Waals surface area contributed by atoms with E-state index in [0.29, 0.717) is 30.8 Å². The van der Waals surface area contributed by atoms with Gasteiger partial charge in [-0.25, -0.2) is 0 Å². The normalized spacial score (nSPS) is 18.1. The number of methoxy groups -OCH3 is 1. The largest absolute Gasteiger partial charge is 0.497 e. The fourth-order valence-corrected chi connectivity index (χ4v) is 5.66. The average Bonchev–Trinajstić information content (AvgIpc) is 3.17. The van der Waals surface area contributed by atoms with Gasteiger partial charge in [-0.15, -0.1) is 11.8 Å². The summed E-state index contributed by atoms with van der Waals surface area (Å²) >= 11 is 1.86. The van der Waals surface area contributed by atoms with E-state index < -0.39 is 0 Å². The van der Waals surface area contributed by atoms with Gasteiger partial charge in [0.1, 0.15) is 5.75 Å². The second kappa shape index (κ2) is 8.49. The van der Waals surface area contributed by atoms with Gasteiger partial charge in [-0.1, -0.05) is 36.4 Å². The fourth-order valence-electron chi connectivity index (χ4n) is 4.21. The first-order valence-corrected chi connectivity index (χ1v) is 11.0. The Labute approximate surface area is 176 Å². The number of hydrogen-bond donors (Lipinski definition) is 0. The van der Waals surface area contributed by atoms with E-state index in [-0.39, 0.29) is 16.7 Å². The Morgan fingerprint density at radius 3 is 2.52 bits per heavy atom. The molecule has 0 unspecified atom stereocenters. The minimum atomic E-state index is -0.205. The molecule has 0 aliphatic carbocycles. The maximum Gasteiger partial charge on any atom is 0.255 e. The predicted molar refractivity (Wildman–Crippen MR) is 115 cm³/mol. The first kappa shape index (κ1) is 19.8.